The number of nitrogens with zero attached hydrogens (tertiary/aromatic N) is 1. The Balaban J connectivity index is 2.12. The van der Waals surface area contributed by atoms with Crippen LogP contribution in [-0.2, 0) is 10.8 Å². The average Bonchev–Trinajstić information content (AvgIpc) is 2.58. The molecule has 0 aliphatic heterocycles. The maximum atomic E-state index is 13.0. The Labute approximate surface area is 150 Å². The summed E-state index contributed by atoms with van der Waals surface area (Å²) in [6, 6.07) is 13.3. The fourth-order valence-corrected chi connectivity index (χ4v) is 3.82. The van der Waals surface area contributed by atoms with E-state index >= 15 is 0 Å². The van der Waals surface area contributed by atoms with Gasteiger partial charge in [-0.25, -0.2) is 0 Å². The first-order valence-corrected chi connectivity index (χ1v) is 8.86. The first-order chi connectivity index (χ1) is 11.7. The fraction of sp³-hybridized carbons (Fsp3) is 0.391. The number of rotatable bonds is 2. The van der Waals surface area contributed by atoms with Crippen LogP contribution in [0.1, 0.15) is 78.7 Å². The van der Waals surface area contributed by atoms with Gasteiger partial charge in [0.05, 0.1) is 11.6 Å². The van der Waals surface area contributed by atoms with Crippen molar-refractivity contribution in [1.82, 2.24) is 0 Å². The molecule has 128 valence electrons. The fourth-order valence-electron chi connectivity index (χ4n) is 3.82. The van der Waals surface area contributed by atoms with Gasteiger partial charge in [-0.15, -0.1) is 0 Å². The van der Waals surface area contributed by atoms with Gasteiger partial charge in [0, 0.05) is 11.1 Å². The Morgan fingerprint density at radius 1 is 0.960 bits per heavy atom. The number of aryl methyl sites for hydroxylation is 1. The molecule has 1 aliphatic rings. The smallest absolute Gasteiger partial charge is 0.193 e. The maximum absolute atomic E-state index is 13.0. The Hall–Kier alpha value is -2.40. The zero-order chi connectivity index (χ0) is 18.4. The molecule has 0 radical (unpaired) electrons. The van der Waals surface area contributed by atoms with Gasteiger partial charge in [-0.05, 0) is 77.6 Å². The van der Waals surface area contributed by atoms with E-state index in [9.17, 15) is 4.79 Å². The quantitative estimate of drug-likeness (QED) is 0.687. The zero-order valence-corrected chi connectivity index (χ0v) is 15.7. The number of fused-ring (bicyclic) bond motifs is 1. The van der Waals surface area contributed by atoms with Gasteiger partial charge >= 0.3 is 0 Å². The van der Waals surface area contributed by atoms with E-state index in [1.165, 1.54) is 11.1 Å². The van der Waals surface area contributed by atoms with Crippen LogP contribution in [0.3, 0.4) is 0 Å². The molecule has 2 aromatic carbocycles. The number of nitriles is 1. The van der Waals surface area contributed by atoms with Gasteiger partial charge < -0.3 is 0 Å². The van der Waals surface area contributed by atoms with Gasteiger partial charge in [0.25, 0.3) is 0 Å². The van der Waals surface area contributed by atoms with E-state index in [1.54, 1.807) is 24.3 Å². The van der Waals surface area contributed by atoms with Crippen molar-refractivity contribution in [2.45, 2.75) is 58.3 Å². The van der Waals surface area contributed by atoms with Gasteiger partial charge in [-0.3, -0.25) is 4.79 Å². The van der Waals surface area contributed by atoms with E-state index in [0.29, 0.717) is 11.1 Å². The first-order valence-electron chi connectivity index (χ1n) is 8.86. The van der Waals surface area contributed by atoms with E-state index in [0.717, 1.165) is 24.0 Å². The highest BCUT2D eigenvalue weighted by molar-refractivity contribution is 6.10. The molecule has 0 spiro atoms. The summed E-state index contributed by atoms with van der Waals surface area (Å²) in [6.07, 6.45) is 2.29. The lowest BCUT2D eigenvalue weighted by molar-refractivity contribution is 0.103. The van der Waals surface area contributed by atoms with Gasteiger partial charge in [0.2, 0.25) is 0 Å². The van der Waals surface area contributed by atoms with Crippen LogP contribution >= 0.6 is 0 Å². The predicted octanol–water partition coefficient (Wildman–Crippen LogP) is 5.45. The minimum absolute atomic E-state index is 0.0315. The number of hydrogen-bond acceptors (Lipinski definition) is 2. The molecule has 1 aliphatic carbocycles. The SMILES string of the molecule is Cc1cc2c(cc1C(=O)c1ccc(C#N)cc1)C(C)(C)CCC2(C)C. The van der Waals surface area contributed by atoms with Gasteiger partial charge in [-0.2, -0.15) is 5.26 Å². The molecule has 2 aromatic rings. The summed E-state index contributed by atoms with van der Waals surface area (Å²) in [6.45, 7) is 11.2. The maximum Gasteiger partial charge on any atom is 0.193 e. The molecule has 0 aromatic heterocycles. The highest BCUT2D eigenvalue weighted by Crippen LogP contribution is 2.46. The van der Waals surface area contributed by atoms with E-state index in [1.807, 2.05) is 6.92 Å². The van der Waals surface area contributed by atoms with Crippen LogP contribution in [-0.4, -0.2) is 5.78 Å². The number of ketones is 1. The van der Waals surface area contributed by atoms with Crippen LogP contribution in [0.15, 0.2) is 36.4 Å². The van der Waals surface area contributed by atoms with Crippen LogP contribution in [0.5, 0.6) is 0 Å². The Bertz CT molecular complexity index is 880. The average molecular weight is 331 g/mol. The van der Waals surface area contributed by atoms with Gasteiger partial charge in [-0.1, -0.05) is 33.8 Å². The van der Waals surface area contributed by atoms with Crippen LogP contribution in [0.2, 0.25) is 0 Å². The van der Waals surface area contributed by atoms with Crippen molar-refractivity contribution in [2.24, 2.45) is 0 Å². The normalized spacial score (nSPS) is 17.4. The lowest BCUT2D eigenvalue weighted by Crippen LogP contribution is -2.34. The molecule has 3 rings (SSSR count). The molecule has 0 heterocycles. The van der Waals surface area contributed by atoms with Crippen molar-refractivity contribution in [3.8, 4) is 6.07 Å². The standard InChI is InChI=1S/C23H25NO/c1-15-12-19-20(23(4,5)11-10-22(19,2)3)13-18(15)21(25)17-8-6-16(14-24)7-9-17/h6-9,12-13H,10-11H2,1-5H3. The summed E-state index contributed by atoms with van der Waals surface area (Å²) in [5, 5.41) is 8.93. The van der Waals surface area contributed by atoms with E-state index in [2.05, 4.69) is 45.9 Å². The minimum Gasteiger partial charge on any atom is -0.289 e. The Morgan fingerprint density at radius 2 is 1.48 bits per heavy atom. The second kappa shape index (κ2) is 5.85. The topological polar surface area (TPSA) is 40.9 Å². The summed E-state index contributed by atoms with van der Waals surface area (Å²) >= 11 is 0. The summed E-state index contributed by atoms with van der Waals surface area (Å²) in [7, 11) is 0. The van der Waals surface area contributed by atoms with Crippen molar-refractivity contribution in [2.75, 3.05) is 0 Å². The molecule has 0 bridgehead atoms. The molecule has 2 nitrogen and oxygen atoms in total. The lowest BCUT2D eigenvalue weighted by atomic mass is 9.62. The van der Waals surface area contributed by atoms with E-state index < -0.39 is 0 Å². The molecule has 2 heteroatoms. The molecule has 25 heavy (non-hydrogen) atoms. The molecule has 0 saturated heterocycles. The van der Waals surface area contributed by atoms with Crippen LogP contribution in [0, 0.1) is 18.3 Å². The molecule has 0 amide bonds. The molecular formula is C23H25NO. The summed E-state index contributed by atoms with van der Waals surface area (Å²) in [5.74, 6) is 0.0315. The summed E-state index contributed by atoms with van der Waals surface area (Å²) in [4.78, 5) is 13.0. The highest BCUT2D eigenvalue weighted by Gasteiger charge is 2.37. The molecule has 0 unspecified atom stereocenters. The van der Waals surface area contributed by atoms with Crippen molar-refractivity contribution in [3.05, 3.63) is 69.8 Å². The summed E-state index contributed by atoms with van der Waals surface area (Å²) < 4.78 is 0. The van der Waals surface area contributed by atoms with Crippen LogP contribution in [0.4, 0.5) is 0 Å². The molecular weight excluding hydrogens is 306 g/mol. The third-order valence-corrected chi connectivity index (χ3v) is 5.72. The largest absolute Gasteiger partial charge is 0.289 e. The molecule has 0 N–H and O–H groups in total. The second-order valence-corrected chi connectivity index (χ2v) is 8.50. The van der Waals surface area contributed by atoms with Crippen molar-refractivity contribution < 1.29 is 4.79 Å². The van der Waals surface area contributed by atoms with E-state index in [4.69, 9.17) is 5.26 Å². The monoisotopic (exact) mass is 331 g/mol. The Kier molecular flexibility index (Phi) is 4.07. The second-order valence-electron chi connectivity index (χ2n) is 8.50. The highest BCUT2D eigenvalue weighted by atomic mass is 16.1. The van der Waals surface area contributed by atoms with Crippen molar-refractivity contribution in [3.63, 3.8) is 0 Å². The number of carbonyl (C=O) groups excluding carboxylic acids is 1. The number of carbonyl (C=O) groups is 1. The van der Waals surface area contributed by atoms with Crippen LogP contribution < -0.4 is 0 Å². The van der Waals surface area contributed by atoms with Crippen LogP contribution in [0.25, 0.3) is 0 Å². The lowest BCUT2D eigenvalue weighted by Gasteiger charge is -2.42. The Morgan fingerprint density at radius 3 is 2.00 bits per heavy atom. The third kappa shape index (κ3) is 3.00. The molecule has 0 fully saturated rings. The van der Waals surface area contributed by atoms with Crippen molar-refractivity contribution >= 4 is 5.78 Å². The zero-order valence-electron chi connectivity index (χ0n) is 15.7. The minimum atomic E-state index is 0.0315. The van der Waals surface area contributed by atoms with Gasteiger partial charge in [0.1, 0.15) is 0 Å². The summed E-state index contributed by atoms with van der Waals surface area (Å²) in [5.41, 5.74) is 5.90. The van der Waals surface area contributed by atoms with E-state index in [-0.39, 0.29) is 16.6 Å². The van der Waals surface area contributed by atoms with Crippen molar-refractivity contribution in [1.29, 1.82) is 5.26 Å². The van der Waals surface area contributed by atoms with Gasteiger partial charge in [0.15, 0.2) is 5.78 Å². The number of hydrogen-bond donors (Lipinski definition) is 0. The predicted molar refractivity (Wildman–Crippen MR) is 101 cm³/mol. The number of benzene rings is 2. The molecule has 0 saturated carbocycles. The first kappa shape index (κ1) is 17.4. The molecule has 0 atom stereocenters. The third-order valence-electron chi connectivity index (χ3n) is 5.72.